The molecule has 0 aliphatic heterocycles. The molecule has 0 saturated heterocycles. The number of aryl methyl sites for hydroxylation is 1. The Morgan fingerprint density at radius 1 is 1.30 bits per heavy atom. The SMILES string of the molecule is CCn1c(COC(=O)c2nc(Cl)c(N)nc2N)[n+](CCO)c2ccccc21. The molecule has 3 aromatic rings. The van der Waals surface area contributed by atoms with Crippen LogP contribution in [0.3, 0.4) is 0 Å². The second-order valence-electron chi connectivity index (χ2n) is 5.73. The van der Waals surface area contributed by atoms with E-state index in [2.05, 4.69) is 9.97 Å². The van der Waals surface area contributed by atoms with E-state index in [-0.39, 0.29) is 35.7 Å². The number of aromatic nitrogens is 4. The number of para-hydroxylation sites is 2. The lowest BCUT2D eigenvalue weighted by Gasteiger charge is -2.07. The molecule has 0 unspecified atom stereocenters. The van der Waals surface area contributed by atoms with Gasteiger partial charge in [0.2, 0.25) is 0 Å². The number of fused-ring (bicyclic) bond motifs is 1. The van der Waals surface area contributed by atoms with E-state index in [0.717, 1.165) is 16.9 Å². The van der Waals surface area contributed by atoms with Crippen LogP contribution in [0.4, 0.5) is 11.6 Å². The lowest BCUT2D eigenvalue weighted by molar-refractivity contribution is -0.683. The van der Waals surface area contributed by atoms with Crippen LogP contribution in [0.5, 0.6) is 0 Å². The monoisotopic (exact) mass is 391 g/mol. The van der Waals surface area contributed by atoms with Crippen LogP contribution in [0.1, 0.15) is 23.2 Å². The van der Waals surface area contributed by atoms with Crippen molar-refractivity contribution in [1.82, 2.24) is 14.5 Å². The Morgan fingerprint density at radius 2 is 2.04 bits per heavy atom. The fraction of sp³-hybridized carbons (Fsp3) is 0.294. The summed E-state index contributed by atoms with van der Waals surface area (Å²) in [5.74, 6) is -0.238. The van der Waals surface area contributed by atoms with Gasteiger partial charge in [-0.1, -0.05) is 23.7 Å². The molecule has 0 bridgehead atoms. The van der Waals surface area contributed by atoms with Crippen molar-refractivity contribution in [2.75, 3.05) is 18.1 Å². The van der Waals surface area contributed by atoms with Crippen LogP contribution < -0.4 is 16.0 Å². The minimum Gasteiger partial charge on any atom is -0.448 e. The van der Waals surface area contributed by atoms with E-state index < -0.39 is 5.97 Å². The van der Waals surface area contributed by atoms with Crippen LogP contribution in [0, 0.1) is 0 Å². The fourth-order valence-corrected chi connectivity index (χ4v) is 3.12. The third-order valence-corrected chi connectivity index (χ3v) is 4.43. The molecule has 0 saturated carbocycles. The van der Waals surface area contributed by atoms with Gasteiger partial charge in [-0.25, -0.2) is 23.9 Å². The largest absolute Gasteiger partial charge is 0.448 e. The quantitative estimate of drug-likeness (QED) is 0.420. The second kappa shape index (κ2) is 7.77. The number of nitrogens with zero attached hydrogens (tertiary/aromatic N) is 4. The predicted molar refractivity (Wildman–Crippen MR) is 99.9 cm³/mol. The summed E-state index contributed by atoms with van der Waals surface area (Å²) in [6, 6.07) is 7.77. The highest BCUT2D eigenvalue weighted by Crippen LogP contribution is 2.19. The molecule has 0 amide bonds. The lowest BCUT2D eigenvalue weighted by Crippen LogP contribution is -2.40. The smallest absolute Gasteiger partial charge is 0.361 e. The Hall–Kier alpha value is -2.91. The van der Waals surface area contributed by atoms with Gasteiger partial charge in [0.1, 0.15) is 6.54 Å². The molecule has 0 spiro atoms. The highest BCUT2D eigenvalue weighted by molar-refractivity contribution is 6.31. The molecule has 0 radical (unpaired) electrons. The molecule has 3 rings (SSSR count). The van der Waals surface area contributed by atoms with Crippen molar-refractivity contribution in [1.29, 1.82) is 0 Å². The molecule has 9 nitrogen and oxygen atoms in total. The number of carbonyl (C=O) groups is 1. The van der Waals surface area contributed by atoms with Crippen LogP contribution >= 0.6 is 11.6 Å². The molecule has 0 aliphatic carbocycles. The Kier molecular flexibility index (Phi) is 5.43. The minimum absolute atomic E-state index is 0.0372. The first-order valence-electron chi connectivity index (χ1n) is 8.34. The van der Waals surface area contributed by atoms with Crippen molar-refractivity contribution in [3.8, 4) is 0 Å². The van der Waals surface area contributed by atoms with Crippen molar-refractivity contribution in [2.45, 2.75) is 26.6 Å². The number of carbonyl (C=O) groups excluding carboxylic acids is 1. The van der Waals surface area contributed by atoms with Gasteiger partial charge in [0.25, 0.3) is 5.82 Å². The van der Waals surface area contributed by atoms with Gasteiger partial charge in [0.05, 0.1) is 13.2 Å². The topological polar surface area (TPSA) is 133 Å². The Balaban J connectivity index is 1.94. The number of hydrogen-bond donors (Lipinski definition) is 3. The molecule has 0 atom stereocenters. The molecule has 2 heterocycles. The van der Waals surface area contributed by atoms with E-state index in [1.807, 2.05) is 40.3 Å². The number of hydrogen-bond acceptors (Lipinski definition) is 7. The number of ether oxygens (including phenoxy) is 1. The number of anilines is 2. The maximum Gasteiger partial charge on any atom is 0.361 e. The molecular weight excluding hydrogens is 372 g/mol. The fourth-order valence-electron chi connectivity index (χ4n) is 2.99. The zero-order valence-electron chi connectivity index (χ0n) is 14.7. The van der Waals surface area contributed by atoms with E-state index in [4.69, 9.17) is 27.8 Å². The number of benzene rings is 1. The summed E-state index contributed by atoms with van der Waals surface area (Å²) in [5.41, 5.74) is 12.9. The van der Waals surface area contributed by atoms with Crippen LogP contribution in [-0.4, -0.2) is 32.2 Å². The van der Waals surface area contributed by atoms with Crippen molar-refractivity contribution in [3.05, 3.63) is 40.9 Å². The molecule has 142 valence electrons. The van der Waals surface area contributed by atoms with Crippen molar-refractivity contribution >= 4 is 40.2 Å². The van der Waals surface area contributed by atoms with Gasteiger partial charge in [-0.05, 0) is 19.1 Å². The molecule has 0 fully saturated rings. The van der Waals surface area contributed by atoms with E-state index in [1.165, 1.54) is 0 Å². The van der Waals surface area contributed by atoms with Gasteiger partial charge >= 0.3 is 5.97 Å². The van der Waals surface area contributed by atoms with Crippen molar-refractivity contribution < 1.29 is 19.2 Å². The number of esters is 1. The standard InChI is InChI=1S/C17H19ClN6O3/c1-2-23-10-5-3-4-6-11(10)24(7-8-25)12(23)9-27-17(26)13-15(19)22-16(20)14(18)21-13/h3-6,25H,2,7-9H2,1H3,(H3-,19,20,22,26)/p+1. The summed E-state index contributed by atoms with van der Waals surface area (Å²) < 4.78 is 9.34. The average molecular weight is 392 g/mol. The molecule has 1 aromatic carbocycles. The summed E-state index contributed by atoms with van der Waals surface area (Å²) in [6.45, 7) is 2.95. The Morgan fingerprint density at radius 3 is 2.74 bits per heavy atom. The summed E-state index contributed by atoms with van der Waals surface area (Å²) in [4.78, 5) is 20.0. The lowest BCUT2D eigenvalue weighted by atomic mass is 10.3. The normalized spacial score (nSPS) is 11.1. The highest BCUT2D eigenvalue weighted by atomic mass is 35.5. The maximum atomic E-state index is 12.4. The molecule has 0 aliphatic rings. The van der Waals surface area contributed by atoms with Gasteiger partial charge in [0.15, 0.2) is 40.1 Å². The molecule has 5 N–H and O–H groups in total. The van der Waals surface area contributed by atoms with Gasteiger partial charge in [-0.2, -0.15) is 0 Å². The first kappa shape index (κ1) is 18.9. The Bertz CT molecular complexity index is 1000. The number of halogens is 1. The number of aliphatic hydroxyl groups is 1. The van der Waals surface area contributed by atoms with Gasteiger partial charge in [-0.15, -0.1) is 0 Å². The van der Waals surface area contributed by atoms with Crippen molar-refractivity contribution in [2.24, 2.45) is 0 Å². The van der Waals surface area contributed by atoms with E-state index >= 15 is 0 Å². The highest BCUT2D eigenvalue weighted by Gasteiger charge is 2.26. The van der Waals surface area contributed by atoms with Gasteiger partial charge < -0.3 is 21.3 Å². The van der Waals surface area contributed by atoms with Crippen molar-refractivity contribution in [3.63, 3.8) is 0 Å². The van der Waals surface area contributed by atoms with Crippen LogP contribution in [0.15, 0.2) is 24.3 Å². The van der Waals surface area contributed by atoms with E-state index in [0.29, 0.717) is 13.1 Å². The third-order valence-electron chi connectivity index (χ3n) is 4.16. The zero-order chi connectivity index (χ0) is 19.6. The van der Waals surface area contributed by atoms with E-state index in [1.54, 1.807) is 0 Å². The number of rotatable bonds is 6. The first-order chi connectivity index (χ1) is 13.0. The average Bonchev–Trinajstić information content (AvgIpc) is 2.96. The third kappa shape index (κ3) is 3.51. The summed E-state index contributed by atoms with van der Waals surface area (Å²) >= 11 is 5.82. The van der Waals surface area contributed by atoms with E-state index in [9.17, 15) is 9.90 Å². The number of nitrogen functional groups attached to an aromatic ring is 2. The predicted octanol–water partition coefficient (Wildman–Crippen LogP) is 0.906. The molecule has 2 aromatic heterocycles. The van der Waals surface area contributed by atoms with Crippen LogP contribution in [0.25, 0.3) is 11.0 Å². The minimum atomic E-state index is -0.759. The zero-order valence-corrected chi connectivity index (χ0v) is 15.5. The first-order valence-corrected chi connectivity index (χ1v) is 8.72. The maximum absolute atomic E-state index is 12.4. The second-order valence-corrected chi connectivity index (χ2v) is 6.09. The number of nitrogens with two attached hydrogens (primary N) is 2. The molecule has 27 heavy (non-hydrogen) atoms. The van der Waals surface area contributed by atoms with Gasteiger partial charge in [0, 0.05) is 0 Å². The molecule has 10 heteroatoms. The Labute approximate surface area is 160 Å². The van der Waals surface area contributed by atoms with Crippen LogP contribution in [-0.2, 0) is 24.4 Å². The number of imidazole rings is 1. The molecular formula is C17H20ClN6O3+. The summed E-state index contributed by atoms with van der Waals surface area (Å²) in [7, 11) is 0. The summed E-state index contributed by atoms with van der Waals surface area (Å²) in [6.07, 6.45) is 0. The van der Waals surface area contributed by atoms with Gasteiger partial charge in [-0.3, -0.25) is 0 Å². The van der Waals surface area contributed by atoms with Crippen LogP contribution in [0.2, 0.25) is 5.15 Å². The summed E-state index contributed by atoms with van der Waals surface area (Å²) in [5, 5.41) is 9.32. The number of aliphatic hydroxyl groups excluding tert-OH is 1.